The number of anilines is 2. The number of aliphatic hydroxyl groups is 1. The summed E-state index contributed by atoms with van der Waals surface area (Å²) < 4.78 is 0. The van der Waals surface area contributed by atoms with Crippen LogP contribution in [0.15, 0.2) is 0 Å². The molecule has 2 unspecified atom stereocenters. The van der Waals surface area contributed by atoms with Gasteiger partial charge in [-0.3, -0.25) is 4.79 Å². The van der Waals surface area contributed by atoms with Gasteiger partial charge in [-0.1, -0.05) is 11.3 Å². The zero-order valence-electron chi connectivity index (χ0n) is 10.2. The summed E-state index contributed by atoms with van der Waals surface area (Å²) in [6.45, 7) is 3.52. The van der Waals surface area contributed by atoms with Gasteiger partial charge in [0.05, 0.1) is 6.10 Å². The number of hydrogen-bond donors (Lipinski definition) is 4. The molecule has 6 nitrogen and oxygen atoms in total. The van der Waals surface area contributed by atoms with Gasteiger partial charge in [-0.05, 0) is 20.3 Å². The summed E-state index contributed by atoms with van der Waals surface area (Å²) in [5, 5.41) is 15.4. The summed E-state index contributed by atoms with van der Waals surface area (Å²) in [6.07, 6.45) is 0.0561. The Bertz CT molecular complexity index is 392. The van der Waals surface area contributed by atoms with Crippen LogP contribution in [0.2, 0.25) is 0 Å². The zero-order chi connectivity index (χ0) is 13.0. The highest BCUT2D eigenvalue weighted by Crippen LogP contribution is 2.24. The van der Waals surface area contributed by atoms with Crippen molar-refractivity contribution in [2.75, 3.05) is 18.1 Å². The summed E-state index contributed by atoms with van der Waals surface area (Å²) in [5.74, 6) is -0.0317. The van der Waals surface area contributed by atoms with Crippen LogP contribution in [0.1, 0.15) is 29.9 Å². The Labute approximate surface area is 104 Å². The number of nitrogens with one attached hydrogen (secondary N) is 2. The van der Waals surface area contributed by atoms with E-state index in [2.05, 4.69) is 15.6 Å². The maximum atomic E-state index is 11.9. The SMILES string of the molecule is CNc1nc(N)c(C(=O)NC(C)CC(C)O)s1. The number of thiazole rings is 1. The number of nitrogens with two attached hydrogens (primary N) is 1. The van der Waals surface area contributed by atoms with E-state index in [4.69, 9.17) is 5.73 Å². The van der Waals surface area contributed by atoms with Crippen molar-refractivity contribution >= 4 is 28.2 Å². The summed E-state index contributed by atoms with van der Waals surface area (Å²) in [5.41, 5.74) is 5.64. The molecule has 1 heterocycles. The van der Waals surface area contributed by atoms with Crippen molar-refractivity contribution in [3.8, 4) is 0 Å². The van der Waals surface area contributed by atoms with Gasteiger partial charge in [-0.15, -0.1) is 0 Å². The smallest absolute Gasteiger partial charge is 0.265 e. The lowest BCUT2D eigenvalue weighted by Gasteiger charge is -2.14. The zero-order valence-corrected chi connectivity index (χ0v) is 11.0. The molecule has 0 aliphatic rings. The van der Waals surface area contributed by atoms with E-state index < -0.39 is 6.10 Å². The molecule has 96 valence electrons. The Morgan fingerprint density at radius 2 is 2.24 bits per heavy atom. The molecule has 1 aromatic rings. The second kappa shape index (κ2) is 5.83. The van der Waals surface area contributed by atoms with Gasteiger partial charge < -0.3 is 21.5 Å². The minimum Gasteiger partial charge on any atom is -0.393 e. The molecule has 2 atom stereocenters. The molecule has 17 heavy (non-hydrogen) atoms. The van der Waals surface area contributed by atoms with Gasteiger partial charge >= 0.3 is 0 Å². The molecular formula is C10H18N4O2S. The molecule has 0 aliphatic carbocycles. The third-order valence-electron chi connectivity index (χ3n) is 2.15. The number of aliphatic hydroxyl groups excluding tert-OH is 1. The topological polar surface area (TPSA) is 100 Å². The van der Waals surface area contributed by atoms with Gasteiger partial charge in [0.1, 0.15) is 10.7 Å². The van der Waals surface area contributed by atoms with Crippen LogP contribution >= 0.6 is 11.3 Å². The number of aromatic nitrogens is 1. The van der Waals surface area contributed by atoms with Crippen LogP contribution in [0.4, 0.5) is 10.9 Å². The molecule has 1 amide bonds. The number of nitrogen functional groups attached to an aromatic ring is 1. The fourth-order valence-electron chi connectivity index (χ4n) is 1.46. The average molecular weight is 258 g/mol. The number of hydrogen-bond acceptors (Lipinski definition) is 6. The third kappa shape index (κ3) is 3.86. The van der Waals surface area contributed by atoms with Gasteiger partial charge in [0.2, 0.25) is 0 Å². The summed E-state index contributed by atoms with van der Waals surface area (Å²) >= 11 is 1.21. The molecule has 0 radical (unpaired) electrons. The van der Waals surface area contributed by atoms with Crippen LogP contribution in [0.3, 0.4) is 0 Å². The van der Waals surface area contributed by atoms with E-state index in [1.165, 1.54) is 11.3 Å². The van der Waals surface area contributed by atoms with E-state index in [1.807, 2.05) is 6.92 Å². The predicted octanol–water partition coefficient (Wildman–Crippen LogP) is 0.656. The molecule has 0 aliphatic heterocycles. The van der Waals surface area contributed by atoms with Gasteiger partial charge in [0.15, 0.2) is 5.13 Å². The van der Waals surface area contributed by atoms with Crippen molar-refractivity contribution in [2.24, 2.45) is 0 Å². The molecule has 1 rings (SSSR count). The van der Waals surface area contributed by atoms with Crippen LogP contribution in [0.25, 0.3) is 0 Å². The standard InChI is InChI=1S/C10H18N4O2S/c1-5(4-6(2)15)13-9(16)7-8(11)14-10(12-3)17-7/h5-6,15H,4,11H2,1-3H3,(H,12,14)(H,13,16). The lowest BCUT2D eigenvalue weighted by atomic mass is 10.1. The normalized spacial score (nSPS) is 14.1. The van der Waals surface area contributed by atoms with Gasteiger partial charge in [0.25, 0.3) is 5.91 Å². The first kappa shape index (κ1) is 13.7. The number of carbonyl (C=O) groups is 1. The van der Waals surface area contributed by atoms with Gasteiger partial charge in [-0.25, -0.2) is 4.98 Å². The first-order chi connectivity index (χ1) is 7.93. The maximum Gasteiger partial charge on any atom is 0.265 e. The number of rotatable bonds is 5. The third-order valence-corrected chi connectivity index (χ3v) is 3.23. The Kier molecular flexibility index (Phi) is 4.71. The number of nitrogens with zero attached hydrogens (tertiary/aromatic N) is 1. The Morgan fingerprint density at radius 1 is 1.59 bits per heavy atom. The minimum absolute atomic E-state index is 0.109. The van der Waals surface area contributed by atoms with Crippen LogP contribution < -0.4 is 16.4 Å². The molecule has 0 aromatic carbocycles. The molecular weight excluding hydrogens is 240 g/mol. The van der Waals surface area contributed by atoms with Crippen molar-refractivity contribution in [1.29, 1.82) is 0 Å². The maximum absolute atomic E-state index is 11.9. The van der Waals surface area contributed by atoms with Gasteiger partial charge in [-0.2, -0.15) is 0 Å². The monoisotopic (exact) mass is 258 g/mol. The summed E-state index contributed by atoms with van der Waals surface area (Å²) in [7, 11) is 1.72. The Hall–Kier alpha value is -1.34. The van der Waals surface area contributed by atoms with Crippen molar-refractivity contribution in [1.82, 2.24) is 10.3 Å². The molecule has 0 spiro atoms. The predicted molar refractivity (Wildman–Crippen MR) is 69.3 cm³/mol. The second-order valence-corrected chi connectivity index (χ2v) is 4.94. The van der Waals surface area contributed by atoms with E-state index >= 15 is 0 Å². The van der Waals surface area contributed by atoms with Crippen LogP contribution in [0.5, 0.6) is 0 Å². The Balaban J connectivity index is 2.66. The van der Waals surface area contributed by atoms with E-state index in [1.54, 1.807) is 14.0 Å². The fourth-order valence-corrected chi connectivity index (χ4v) is 2.20. The first-order valence-electron chi connectivity index (χ1n) is 5.37. The quantitative estimate of drug-likeness (QED) is 0.621. The molecule has 0 saturated heterocycles. The van der Waals surface area contributed by atoms with Crippen LogP contribution in [-0.2, 0) is 0 Å². The van der Waals surface area contributed by atoms with Gasteiger partial charge in [0, 0.05) is 13.1 Å². The van der Waals surface area contributed by atoms with E-state index in [0.717, 1.165) is 0 Å². The lowest BCUT2D eigenvalue weighted by Crippen LogP contribution is -2.34. The highest BCUT2D eigenvalue weighted by Gasteiger charge is 2.18. The highest BCUT2D eigenvalue weighted by atomic mass is 32.1. The van der Waals surface area contributed by atoms with E-state index in [-0.39, 0.29) is 17.8 Å². The first-order valence-corrected chi connectivity index (χ1v) is 6.18. The molecule has 1 aromatic heterocycles. The Morgan fingerprint density at radius 3 is 2.71 bits per heavy atom. The van der Waals surface area contributed by atoms with Crippen molar-refractivity contribution in [3.63, 3.8) is 0 Å². The van der Waals surface area contributed by atoms with Crippen LogP contribution in [0, 0.1) is 0 Å². The molecule has 0 bridgehead atoms. The van der Waals surface area contributed by atoms with E-state index in [0.29, 0.717) is 16.4 Å². The summed E-state index contributed by atoms with van der Waals surface area (Å²) in [6, 6.07) is -0.109. The van der Waals surface area contributed by atoms with Crippen molar-refractivity contribution in [2.45, 2.75) is 32.4 Å². The molecule has 7 heteroatoms. The van der Waals surface area contributed by atoms with Crippen LogP contribution in [-0.4, -0.2) is 35.2 Å². The number of amides is 1. The number of carbonyl (C=O) groups excluding carboxylic acids is 1. The largest absolute Gasteiger partial charge is 0.393 e. The fraction of sp³-hybridized carbons (Fsp3) is 0.600. The van der Waals surface area contributed by atoms with E-state index in [9.17, 15) is 9.90 Å². The second-order valence-electron chi connectivity index (χ2n) is 3.94. The van der Waals surface area contributed by atoms with Crippen molar-refractivity contribution < 1.29 is 9.90 Å². The minimum atomic E-state index is -0.447. The average Bonchev–Trinajstić information content (AvgIpc) is 2.58. The summed E-state index contributed by atoms with van der Waals surface area (Å²) in [4.78, 5) is 16.2. The highest BCUT2D eigenvalue weighted by molar-refractivity contribution is 7.18. The molecule has 5 N–H and O–H groups in total. The molecule has 0 fully saturated rings. The lowest BCUT2D eigenvalue weighted by molar-refractivity contribution is 0.0928. The van der Waals surface area contributed by atoms with Crippen molar-refractivity contribution in [3.05, 3.63) is 4.88 Å². The molecule has 0 saturated carbocycles.